The highest BCUT2D eigenvalue weighted by Crippen LogP contribution is 2.27. The third-order valence-corrected chi connectivity index (χ3v) is 2.51. The van der Waals surface area contributed by atoms with Gasteiger partial charge >= 0.3 is 5.97 Å². The van der Waals surface area contributed by atoms with Crippen molar-refractivity contribution in [3.63, 3.8) is 0 Å². The van der Waals surface area contributed by atoms with Gasteiger partial charge < -0.3 is 4.74 Å². The van der Waals surface area contributed by atoms with Crippen LogP contribution in [0.1, 0.15) is 40.0 Å². The quantitative estimate of drug-likeness (QED) is 0.495. The van der Waals surface area contributed by atoms with Gasteiger partial charge in [-0.1, -0.05) is 19.9 Å². The summed E-state index contributed by atoms with van der Waals surface area (Å²) in [7, 11) is 0. The molecule has 2 atom stereocenters. The Bertz CT molecular complexity index is 218. The summed E-state index contributed by atoms with van der Waals surface area (Å²) >= 11 is 0. The van der Waals surface area contributed by atoms with E-state index >= 15 is 0 Å². The van der Waals surface area contributed by atoms with E-state index in [1.54, 1.807) is 0 Å². The molecule has 0 saturated carbocycles. The predicted octanol–water partition coefficient (Wildman–Crippen LogP) is 2.68. The largest absolute Gasteiger partial charge is 0.458 e. The van der Waals surface area contributed by atoms with Crippen LogP contribution in [0.15, 0.2) is 11.6 Å². The highest BCUT2D eigenvalue weighted by atomic mass is 16.5. The van der Waals surface area contributed by atoms with Crippen molar-refractivity contribution >= 4 is 5.97 Å². The van der Waals surface area contributed by atoms with Crippen molar-refractivity contribution in [1.29, 1.82) is 0 Å². The lowest BCUT2D eigenvalue weighted by Crippen LogP contribution is -2.15. The number of carbonyl (C=O) groups excluding carboxylic acids is 1. The molecule has 0 aromatic rings. The van der Waals surface area contributed by atoms with Crippen LogP contribution in [0.2, 0.25) is 0 Å². The summed E-state index contributed by atoms with van der Waals surface area (Å²) in [5.74, 6) is 0.547. The SMILES string of the molecule is CCC(=O)OC(C)C1=CC(C)CC1. The Hall–Kier alpha value is -0.790. The number of carbonyl (C=O) groups is 1. The van der Waals surface area contributed by atoms with E-state index in [-0.39, 0.29) is 12.1 Å². The first-order valence-electron chi connectivity index (χ1n) is 5.03. The molecule has 2 nitrogen and oxygen atoms in total. The van der Waals surface area contributed by atoms with Gasteiger partial charge in [0.05, 0.1) is 0 Å². The highest BCUT2D eigenvalue weighted by molar-refractivity contribution is 5.69. The van der Waals surface area contributed by atoms with E-state index < -0.39 is 0 Å². The molecule has 1 aliphatic carbocycles. The van der Waals surface area contributed by atoms with E-state index in [0.717, 1.165) is 6.42 Å². The zero-order valence-corrected chi connectivity index (χ0v) is 8.67. The predicted molar refractivity (Wildman–Crippen MR) is 52.3 cm³/mol. The molecule has 0 bridgehead atoms. The van der Waals surface area contributed by atoms with Crippen molar-refractivity contribution < 1.29 is 9.53 Å². The second-order valence-corrected chi connectivity index (χ2v) is 3.74. The van der Waals surface area contributed by atoms with E-state index in [1.165, 1.54) is 12.0 Å². The van der Waals surface area contributed by atoms with Gasteiger partial charge in [0, 0.05) is 6.42 Å². The Balaban J connectivity index is 2.44. The van der Waals surface area contributed by atoms with Crippen LogP contribution in [0.4, 0.5) is 0 Å². The number of rotatable bonds is 3. The maximum atomic E-state index is 11.0. The lowest BCUT2D eigenvalue weighted by Gasteiger charge is -2.13. The zero-order valence-electron chi connectivity index (χ0n) is 8.67. The highest BCUT2D eigenvalue weighted by Gasteiger charge is 2.18. The van der Waals surface area contributed by atoms with Gasteiger partial charge in [-0.15, -0.1) is 0 Å². The van der Waals surface area contributed by atoms with Crippen LogP contribution < -0.4 is 0 Å². The summed E-state index contributed by atoms with van der Waals surface area (Å²) in [6, 6.07) is 0. The number of esters is 1. The normalized spacial score (nSPS) is 23.9. The third kappa shape index (κ3) is 2.87. The summed E-state index contributed by atoms with van der Waals surface area (Å²) in [6.07, 6.45) is 4.96. The summed E-state index contributed by atoms with van der Waals surface area (Å²) in [5, 5.41) is 0. The molecule has 0 aromatic heterocycles. The number of ether oxygens (including phenoxy) is 1. The van der Waals surface area contributed by atoms with E-state index in [1.807, 2.05) is 13.8 Å². The van der Waals surface area contributed by atoms with Crippen molar-refractivity contribution in [3.8, 4) is 0 Å². The molecule has 0 radical (unpaired) electrons. The molecule has 0 fully saturated rings. The molecule has 13 heavy (non-hydrogen) atoms. The molecule has 0 aromatic carbocycles. The molecule has 1 aliphatic rings. The Labute approximate surface area is 80.0 Å². The molecule has 0 N–H and O–H groups in total. The minimum Gasteiger partial charge on any atom is -0.458 e. The van der Waals surface area contributed by atoms with Crippen LogP contribution in [0, 0.1) is 5.92 Å². The molecule has 0 heterocycles. The van der Waals surface area contributed by atoms with Crippen molar-refractivity contribution in [2.24, 2.45) is 5.92 Å². The first kappa shape index (κ1) is 10.3. The van der Waals surface area contributed by atoms with E-state index in [0.29, 0.717) is 12.3 Å². The fraction of sp³-hybridized carbons (Fsp3) is 0.727. The van der Waals surface area contributed by atoms with Crippen LogP contribution >= 0.6 is 0 Å². The monoisotopic (exact) mass is 182 g/mol. The van der Waals surface area contributed by atoms with Crippen LogP contribution in [0.25, 0.3) is 0 Å². The van der Waals surface area contributed by atoms with E-state index in [2.05, 4.69) is 13.0 Å². The maximum absolute atomic E-state index is 11.0. The van der Waals surface area contributed by atoms with Gasteiger partial charge in [0.1, 0.15) is 6.10 Å². The standard InChI is InChI=1S/C11H18O2/c1-4-11(12)13-9(3)10-6-5-8(2)7-10/h7-9H,4-6H2,1-3H3. The van der Waals surface area contributed by atoms with Crippen LogP contribution in [0.3, 0.4) is 0 Å². The van der Waals surface area contributed by atoms with Gasteiger partial charge in [0.25, 0.3) is 0 Å². The lowest BCUT2D eigenvalue weighted by atomic mass is 10.1. The van der Waals surface area contributed by atoms with Crippen LogP contribution in [-0.2, 0) is 9.53 Å². The number of allylic oxidation sites excluding steroid dienone is 1. The van der Waals surface area contributed by atoms with E-state index in [4.69, 9.17) is 4.74 Å². The van der Waals surface area contributed by atoms with Gasteiger partial charge in [-0.3, -0.25) is 4.79 Å². The fourth-order valence-electron chi connectivity index (χ4n) is 1.62. The Morgan fingerprint density at radius 1 is 1.77 bits per heavy atom. The van der Waals surface area contributed by atoms with Crippen molar-refractivity contribution in [1.82, 2.24) is 0 Å². The molecule has 1 rings (SSSR count). The number of hydrogen-bond acceptors (Lipinski definition) is 2. The van der Waals surface area contributed by atoms with E-state index in [9.17, 15) is 4.79 Å². The third-order valence-electron chi connectivity index (χ3n) is 2.51. The average Bonchev–Trinajstić information content (AvgIpc) is 2.51. The minimum absolute atomic E-state index is 0.0163. The van der Waals surface area contributed by atoms with Gasteiger partial charge in [0.2, 0.25) is 0 Å². The molecule has 74 valence electrons. The van der Waals surface area contributed by atoms with Gasteiger partial charge in [-0.25, -0.2) is 0 Å². The Morgan fingerprint density at radius 3 is 2.92 bits per heavy atom. The van der Waals surface area contributed by atoms with Crippen molar-refractivity contribution in [3.05, 3.63) is 11.6 Å². The summed E-state index contributed by atoms with van der Waals surface area (Å²) in [4.78, 5) is 11.0. The van der Waals surface area contributed by atoms with Crippen LogP contribution in [0.5, 0.6) is 0 Å². The molecule has 0 saturated heterocycles. The molecule has 0 spiro atoms. The second-order valence-electron chi connectivity index (χ2n) is 3.74. The summed E-state index contributed by atoms with van der Waals surface area (Å²) < 4.78 is 5.22. The average molecular weight is 182 g/mol. The molecule has 2 unspecified atom stereocenters. The van der Waals surface area contributed by atoms with Crippen molar-refractivity contribution in [2.75, 3.05) is 0 Å². The molecule has 0 aliphatic heterocycles. The Kier molecular flexibility index (Phi) is 3.52. The summed E-state index contributed by atoms with van der Waals surface area (Å²) in [5.41, 5.74) is 1.29. The topological polar surface area (TPSA) is 26.3 Å². The van der Waals surface area contributed by atoms with Gasteiger partial charge in [-0.2, -0.15) is 0 Å². The maximum Gasteiger partial charge on any atom is 0.306 e. The van der Waals surface area contributed by atoms with Gasteiger partial charge in [-0.05, 0) is 31.3 Å². The Morgan fingerprint density at radius 2 is 2.46 bits per heavy atom. The summed E-state index contributed by atoms with van der Waals surface area (Å²) in [6.45, 7) is 5.97. The molecular weight excluding hydrogens is 164 g/mol. The molecule has 2 heteroatoms. The lowest BCUT2D eigenvalue weighted by molar-refractivity contribution is -0.146. The molecular formula is C11H18O2. The molecule has 0 amide bonds. The first-order valence-corrected chi connectivity index (χ1v) is 5.03. The zero-order chi connectivity index (χ0) is 9.84. The van der Waals surface area contributed by atoms with Crippen molar-refractivity contribution in [2.45, 2.75) is 46.1 Å². The minimum atomic E-state index is -0.104. The second kappa shape index (κ2) is 4.45. The van der Waals surface area contributed by atoms with Gasteiger partial charge in [0.15, 0.2) is 0 Å². The number of hydrogen-bond donors (Lipinski definition) is 0. The van der Waals surface area contributed by atoms with Crippen LogP contribution in [-0.4, -0.2) is 12.1 Å². The fourth-order valence-corrected chi connectivity index (χ4v) is 1.62. The smallest absolute Gasteiger partial charge is 0.306 e. The first-order chi connectivity index (χ1) is 6.13.